The summed E-state index contributed by atoms with van der Waals surface area (Å²) >= 11 is 0. The summed E-state index contributed by atoms with van der Waals surface area (Å²) in [6.45, 7) is -0.0186. The standard InChI is InChI=1S/C10H11F2NO/c11-8-5-6-13(12)9-4-2-1-3-7(9)10(8)14/h1-4,8,10,14H,5-6H2. The second-order valence-corrected chi connectivity index (χ2v) is 3.39. The van der Waals surface area contributed by atoms with E-state index in [1.807, 2.05) is 0 Å². The van der Waals surface area contributed by atoms with Crippen LogP contribution >= 0.6 is 0 Å². The molecular formula is C10H11F2NO. The zero-order valence-electron chi connectivity index (χ0n) is 7.53. The van der Waals surface area contributed by atoms with E-state index >= 15 is 0 Å². The lowest BCUT2D eigenvalue weighted by molar-refractivity contribution is 0.0765. The molecule has 2 rings (SSSR count). The molecule has 1 aliphatic heterocycles. The Labute approximate surface area is 80.7 Å². The van der Waals surface area contributed by atoms with Crippen molar-refractivity contribution in [2.45, 2.75) is 18.7 Å². The molecule has 0 amide bonds. The summed E-state index contributed by atoms with van der Waals surface area (Å²) in [5.41, 5.74) is 0.583. The van der Waals surface area contributed by atoms with Crippen molar-refractivity contribution in [2.24, 2.45) is 0 Å². The van der Waals surface area contributed by atoms with Crippen LogP contribution in [0.15, 0.2) is 24.3 Å². The van der Waals surface area contributed by atoms with Crippen LogP contribution in [-0.4, -0.2) is 17.8 Å². The van der Waals surface area contributed by atoms with E-state index in [4.69, 9.17) is 0 Å². The van der Waals surface area contributed by atoms with E-state index in [1.165, 1.54) is 6.07 Å². The van der Waals surface area contributed by atoms with Gasteiger partial charge in [0.2, 0.25) is 0 Å². The van der Waals surface area contributed by atoms with Crippen molar-refractivity contribution >= 4 is 5.69 Å². The molecule has 0 radical (unpaired) electrons. The van der Waals surface area contributed by atoms with E-state index in [0.717, 1.165) is 0 Å². The SMILES string of the molecule is OC1c2ccccc2N(F)CCC1F. The largest absolute Gasteiger partial charge is 0.385 e. The van der Waals surface area contributed by atoms with Crippen LogP contribution < -0.4 is 5.12 Å². The van der Waals surface area contributed by atoms with Crippen LogP contribution in [0.5, 0.6) is 0 Å². The number of aliphatic hydroxyl groups excluding tert-OH is 1. The smallest absolute Gasteiger partial charge is 0.132 e. The van der Waals surface area contributed by atoms with Crippen molar-refractivity contribution in [3.05, 3.63) is 29.8 Å². The van der Waals surface area contributed by atoms with Gasteiger partial charge in [-0.2, -0.15) is 0 Å². The van der Waals surface area contributed by atoms with Crippen molar-refractivity contribution in [1.82, 2.24) is 0 Å². The zero-order valence-corrected chi connectivity index (χ0v) is 7.53. The molecule has 1 aromatic rings. The summed E-state index contributed by atoms with van der Waals surface area (Å²) < 4.78 is 26.6. The van der Waals surface area contributed by atoms with Gasteiger partial charge in [0.1, 0.15) is 12.3 Å². The van der Waals surface area contributed by atoms with Crippen molar-refractivity contribution in [2.75, 3.05) is 11.7 Å². The van der Waals surface area contributed by atoms with E-state index in [0.29, 0.717) is 10.7 Å². The molecule has 1 aliphatic rings. The third-order valence-electron chi connectivity index (χ3n) is 2.46. The number of fused-ring (bicyclic) bond motifs is 1. The summed E-state index contributed by atoms with van der Waals surface area (Å²) in [4.78, 5) is 0. The Balaban J connectivity index is 2.46. The third-order valence-corrected chi connectivity index (χ3v) is 2.46. The number of para-hydroxylation sites is 1. The highest BCUT2D eigenvalue weighted by Crippen LogP contribution is 2.34. The summed E-state index contributed by atoms with van der Waals surface area (Å²) in [6.07, 6.45) is -2.60. The molecule has 2 atom stereocenters. The monoisotopic (exact) mass is 199 g/mol. The number of aliphatic hydroxyl groups is 1. The molecule has 0 bridgehead atoms. The van der Waals surface area contributed by atoms with Gasteiger partial charge in [0.15, 0.2) is 0 Å². The fourth-order valence-corrected chi connectivity index (χ4v) is 1.67. The van der Waals surface area contributed by atoms with E-state index < -0.39 is 12.3 Å². The van der Waals surface area contributed by atoms with Crippen LogP contribution in [0.3, 0.4) is 0 Å². The maximum Gasteiger partial charge on any atom is 0.132 e. The number of benzene rings is 1. The first-order valence-corrected chi connectivity index (χ1v) is 4.54. The average Bonchev–Trinajstić information content (AvgIpc) is 2.33. The number of alkyl halides is 1. The van der Waals surface area contributed by atoms with Gasteiger partial charge in [0.05, 0.1) is 12.2 Å². The van der Waals surface area contributed by atoms with Crippen molar-refractivity contribution in [3.8, 4) is 0 Å². The van der Waals surface area contributed by atoms with Crippen molar-refractivity contribution in [3.63, 3.8) is 0 Å². The molecule has 1 aromatic carbocycles. The zero-order chi connectivity index (χ0) is 10.1. The quantitative estimate of drug-likeness (QED) is 0.647. The molecule has 0 saturated heterocycles. The van der Waals surface area contributed by atoms with Gasteiger partial charge in [-0.25, -0.2) is 9.51 Å². The number of hydrogen-bond acceptors (Lipinski definition) is 2. The number of halogens is 2. The fourth-order valence-electron chi connectivity index (χ4n) is 1.67. The van der Waals surface area contributed by atoms with Crippen molar-refractivity contribution < 1.29 is 14.0 Å². The normalized spacial score (nSPS) is 26.9. The van der Waals surface area contributed by atoms with Gasteiger partial charge in [-0.15, -0.1) is 0 Å². The van der Waals surface area contributed by atoms with E-state index in [9.17, 15) is 14.0 Å². The molecule has 1 N–H and O–H groups in total. The molecule has 1 heterocycles. The predicted molar refractivity (Wildman–Crippen MR) is 49.4 cm³/mol. The summed E-state index contributed by atoms with van der Waals surface area (Å²) in [7, 11) is 0. The minimum absolute atomic E-state index is 0.00630. The Morgan fingerprint density at radius 3 is 2.86 bits per heavy atom. The molecule has 0 saturated carbocycles. The molecule has 2 nitrogen and oxygen atoms in total. The molecule has 0 fully saturated rings. The molecule has 0 aromatic heterocycles. The molecule has 14 heavy (non-hydrogen) atoms. The average molecular weight is 199 g/mol. The molecule has 0 aliphatic carbocycles. The second-order valence-electron chi connectivity index (χ2n) is 3.39. The molecular weight excluding hydrogens is 188 g/mol. The minimum Gasteiger partial charge on any atom is -0.385 e. The maximum absolute atomic E-state index is 13.3. The Hall–Kier alpha value is -1.16. The van der Waals surface area contributed by atoms with E-state index in [1.54, 1.807) is 18.2 Å². The van der Waals surface area contributed by atoms with Crippen LogP contribution in [0.1, 0.15) is 18.1 Å². The van der Waals surface area contributed by atoms with Crippen LogP contribution in [-0.2, 0) is 0 Å². The van der Waals surface area contributed by atoms with Crippen molar-refractivity contribution in [1.29, 1.82) is 0 Å². The molecule has 2 unspecified atom stereocenters. The molecule has 76 valence electrons. The Morgan fingerprint density at radius 2 is 2.07 bits per heavy atom. The Bertz CT molecular complexity index is 332. The first-order chi connectivity index (χ1) is 6.70. The highest BCUT2D eigenvalue weighted by atomic mass is 19.2. The maximum atomic E-state index is 13.3. The first kappa shape index (κ1) is 9.40. The molecule has 0 spiro atoms. The topological polar surface area (TPSA) is 23.5 Å². The lowest BCUT2D eigenvalue weighted by atomic mass is 10.0. The Kier molecular flexibility index (Phi) is 2.37. The van der Waals surface area contributed by atoms with Gasteiger partial charge < -0.3 is 5.11 Å². The Morgan fingerprint density at radius 1 is 1.36 bits per heavy atom. The van der Waals surface area contributed by atoms with E-state index in [2.05, 4.69) is 0 Å². The van der Waals surface area contributed by atoms with Gasteiger partial charge in [-0.1, -0.05) is 22.7 Å². The molecule has 4 heteroatoms. The third kappa shape index (κ3) is 1.46. The van der Waals surface area contributed by atoms with Gasteiger partial charge in [-0.05, 0) is 6.07 Å². The van der Waals surface area contributed by atoms with Gasteiger partial charge in [0.25, 0.3) is 0 Å². The predicted octanol–water partition coefficient (Wildman–Crippen LogP) is 2.15. The number of anilines is 1. The van der Waals surface area contributed by atoms with Gasteiger partial charge >= 0.3 is 0 Å². The lowest BCUT2D eigenvalue weighted by Crippen LogP contribution is -2.15. The van der Waals surface area contributed by atoms with Gasteiger partial charge in [0, 0.05) is 12.0 Å². The second kappa shape index (κ2) is 3.53. The summed E-state index contributed by atoms with van der Waals surface area (Å²) in [5, 5.41) is 10.0. The fraction of sp³-hybridized carbons (Fsp3) is 0.400. The van der Waals surface area contributed by atoms with Crippen LogP contribution in [0.25, 0.3) is 0 Å². The minimum atomic E-state index is -1.39. The number of hydrogen-bond donors (Lipinski definition) is 1. The highest BCUT2D eigenvalue weighted by Gasteiger charge is 2.28. The highest BCUT2D eigenvalue weighted by molar-refractivity contribution is 5.53. The first-order valence-electron chi connectivity index (χ1n) is 4.54. The number of rotatable bonds is 0. The number of nitrogens with zero attached hydrogens (tertiary/aromatic N) is 1. The lowest BCUT2D eigenvalue weighted by Gasteiger charge is -2.15. The van der Waals surface area contributed by atoms with Crippen LogP contribution in [0.2, 0.25) is 0 Å². The van der Waals surface area contributed by atoms with Crippen LogP contribution in [0.4, 0.5) is 14.6 Å². The van der Waals surface area contributed by atoms with Gasteiger partial charge in [-0.3, -0.25) is 0 Å². The van der Waals surface area contributed by atoms with Crippen LogP contribution in [0, 0.1) is 0 Å². The summed E-state index contributed by atoms with van der Waals surface area (Å²) in [6, 6.07) is 6.41. The summed E-state index contributed by atoms with van der Waals surface area (Å²) in [5.74, 6) is 0. The van der Waals surface area contributed by atoms with E-state index in [-0.39, 0.29) is 18.7 Å².